The maximum atomic E-state index is 13.9. The number of aromatic nitrogens is 4. The Morgan fingerprint density at radius 3 is 2.62 bits per heavy atom. The summed E-state index contributed by atoms with van der Waals surface area (Å²) in [4.78, 5) is 32.4. The second kappa shape index (κ2) is 9.43. The smallest absolute Gasteiger partial charge is 0.255 e. The van der Waals surface area contributed by atoms with Crippen LogP contribution in [-0.2, 0) is 26.8 Å². The van der Waals surface area contributed by atoms with Gasteiger partial charge in [0.15, 0.2) is 5.82 Å². The van der Waals surface area contributed by atoms with Gasteiger partial charge in [-0.2, -0.15) is 5.10 Å². The SMILES string of the molecule is Cc1cc(Nc2ccnc(S(=O)(=O)Cc3ccc(C(=O)Nc4cc(F)cc5c4NC(=O)C5)cc3)n2)n[nH]1. The summed E-state index contributed by atoms with van der Waals surface area (Å²) in [6, 6.07) is 11.5. The molecule has 4 N–H and O–H groups in total. The van der Waals surface area contributed by atoms with Crippen LogP contribution >= 0.6 is 0 Å². The molecule has 0 saturated heterocycles. The van der Waals surface area contributed by atoms with Gasteiger partial charge in [-0.15, -0.1) is 0 Å². The number of benzene rings is 2. The largest absolute Gasteiger partial charge is 0.324 e. The van der Waals surface area contributed by atoms with Crippen molar-refractivity contribution in [1.82, 2.24) is 20.2 Å². The molecular weight excluding hydrogens is 501 g/mol. The predicted octanol–water partition coefficient (Wildman–Crippen LogP) is 3.11. The van der Waals surface area contributed by atoms with Gasteiger partial charge in [0.05, 0.1) is 23.5 Å². The zero-order chi connectivity index (χ0) is 26.2. The topological polar surface area (TPSA) is 159 Å². The molecule has 37 heavy (non-hydrogen) atoms. The molecule has 5 rings (SSSR count). The Hall–Kier alpha value is -4.65. The van der Waals surface area contributed by atoms with Gasteiger partial charge in [0.1, 0.15) is 11.6 Å². The molecular formula is C24H20FN7O4S. The van der Waals surface area contributed by atoms with Crippen molar-refractivity contribution in [2.45, 2.75) is 24.3 Å². The van der Waals surface area contributed by atoms with E-state index in [-0.39, 0.29) is 40.3 Å². The van der Waals surface area contributed by atoms with Crippen molar-refractivity contribution < 1.29 is 22.4 Å². The van der Waals surface area contributed by atoms with Crippen molar-refractivity contribution in [2.75, 3.05) is 16.0 Å². The summed E-state index contributed by atoms with van der Waals surface area (Å²) >= 11 is 0. The van der Waals surface area contributed by atoms with Crippen molar-refractivity contribution in [3.63, 3.8) is 0 Å². The quantitative estimate of drug-likeness (QED) is 0.270. The Labute approximate surface area is 210 Å². The zero-order valence-corrected chi connectivity index (χ0v) is 20.2. The van der Waals surface area contributed by atoms with Crippen LogP contribution in [0.25, 0.3) is 0 Å². The molecule has 0 saturated carbocycles. The standard InChI is InChI=1S/C24H20FN7O4S/c1-13-8-20(32-31-13)28-19-6-7-26-24(29-19)37(35,36)12-14-2-4-15(5-3-14)23(34)27-18-11-17(25)9-16-10-21(33)30-22(16)18/h2-9,11H,10,12H2,1H3,(H,27,34)(H,30,33)(H2,26,28,29,31,32). The van der Waals surface area contributed by atoms with Gasteiger partial charge in [0, 0.05) is 23.5 Å². The number of sulfone groups is 1. The van der Waals surface area contributed by atoms with E-state index >= 15 is 0 Å². The lowest BCUT2D eigenvalue weighted by molar-refractivity contribution is -0.115. The van der Waals surface area contributed by atoms with Crippen molar-refractivity contribution in [2.24, 2.45) is 0 Å². The highest BCUT2D eigenvalue weighted by Gasteiger charge is 2.24. The van der Waals surface area contributed by atoms with Crippen LogP contribution in [0.1, 0.15) is 27.2 Å². The molecule has 2 aromatic carbocycles. The maximum absolute atomic E-state index is 13.9. The first-order valence-corrected chi connectivity index (χ1v) is 12.7. The number of anilines is 4. The molecule has 188 valence electrons. The second-order valence-electron chi connectivity index (χ2n) is 8.41. The molecule has 0 spiro atoms. The molecule has 13 heteroatoms. The van der Waals surface area contributed by atoms with Gasteiger partial charge < -0.3 is 16.0 Å². The molecule has 2 aromatic heterocycles. The minimum absolute atomic E-state index is 0.0322. The fraction of sp³-hybridized carbons (Fsp3) is 0.125. The molecule has 2 amide bonds. The van der Waals surface area contributed by atoms with E-state index in [4.69, 9.17) is 0 Å². The molecule has 0 unspecified atom stereocenters. The van der Waals surface area contributed by atoms with Crippen molar-refractivity contribution in [1.29, 1.82) is 0 Å². The van der Waals surface area contributed by atoms with Gasteiger partial charge in [0.2, 0.25) is 20.9 Å². The number of halogens is 1. The molecule has 1 aliphatic heterocycles. The molecule has 1 aliphatic rings. The number of aromatic amines is 1. The first-order chi connectivity index (χ1) is 17.7. The molecule has 0 radical (unpaired) electrons. The number of aryl methyl sites for hydroxylation is 1. The summed E-state index contributed by atoms with van der Waals surface area (Å²) in [5.74, 6) is -1.04. The van der Waals surface area contributed by atoms with Gasteiger partial charge in [-0.1, -0.05) is 12.1 Å². The Bertz CT molecular complexity index is 1640. The Morgan fingerprint density at radius 2 is 1.89 bits per heavy atom. The minimum Gasteiger partial charge on any atom is -0.324 e. The van der Waals surface area contributed by atoms with Gasteiger partial charge in [-0.05, 0) is 48.4 Å². The third kappa shape index (κ3) is 5.30. The number of nitrogens with one attached hydrogen (secondary N) is 4. The molecule has 4 aromatic rings. The van der Waals surface area contributed by atoms with E-state index in [0.29, 0.717) is 22.6 Å². The van der Waals surface area contributed by atoms with Crippen LogP contribution in [0, 0.1) is 12.7 Å². The number of nitrogens with zero attached hydrogens (tertiary/aromatic N) is 3. The number of hydrogen-bond acceptors (Lipinski definition) is 8. The summed E-state index contributed by atoms with van der Waals surface area (Å²) in [7, 11) is -3.89. The van der Waals surface area contributed by atoms with Crippen LogP contribution in [0.15, 0.2) is 59.9 Å². The predicted molar refractivity (Wildman–Crippen MR) is 133 cm³/mol. The monoisotopic (exact) mass is 521 g/mol. The van der Waals surface area contributed by atoms with E-state index in [9.17, 15) is 22.4 Å². The highest BCUT2D eigenvalue weighted by Crippen LogP contribution is 2.33. The number of fused-ring (bicyclic) bond motifs is 1. The fourth-order valence-electron chi connectivity index (χ4n) is 3.81. The number of amides is 2. The first kappa shape index (κ1) is 24.1. The van der Waals surface area contributed by atoms with Crippen LogP contribution < -0.4 is 16.0 Å². The number of rotatable bonds is 7. The third-order valence-corrected chi connectivity index (χ3v) is 6.96. The van der Waals surface area contributed by atoms with Crippen molar-refractivity contribution in [3.8, 4) is 0 Å². The normalized spacial score (nSPS) is 12.6. The number of carbonyl (C=O) groups is 2. The number of carbonyl (C=O) groups excluding carboxylic acids is 2. The lowest BCUT2D eigenvalue weighted by Crippen LogP contribution is -2.14. The molecule has 0 bridgehead atoms. The lowest BCUT2D eigenvalue weighted by Gasteiger charge is -2.11. The fourth-order valence-corrected chi connectivity index (χ4v) is 5.03. The molecule has 0 atom stereocenters. The zero-order valence-electron chi connectivity index (χ0n) is 19.4. The van der Waals surface area contributed by atoms with Crippen LogP contribution in [-0.4, -0.2) is 40.4 Å². The maximum Gasteiger partial charge on any atom is 0.255 e. The lowest BCUT2D eigenvalue weighted by atomic mass is 10.1. The van der Waals surface area contributed by atoms with E-state index in [2.05, 4.69) is 36.1 Å². The van der Waals surface area contributed by atoms with Crippen LogP contribution in [0.5, 0.6) is 0 Å². The van der Waals surface area contributed by atoms with Crippen LogP contribution in [0.3, 0.4) is 0 Å². The van der Waals surface area contributed by atoms with Crippen LogP contribution in [0.2, 0.25) is 0 Å². The molecule has 3 heterocycles. The number of hydrogen-bond donors (Lipinski definition) is 4. The average molecular weight is 522 g/mol. The van der Waals surface area contributed by atoms with Crippen molar-refractivity contribution in [3.05, 3.63) is 82.9 Å². The summed E-state index contributed by atoms with van der Waals surface area (Å²) < 4.78 is 39.7. The molecule has 0 aliphatic carbocycles. The minimum atomic E-state index is -3.89. The summed E-state index contributed by atoms with van der Waals surface area (Å²) in [5.41, 5.74) is 2.44. The van der Waals surface area contributed by atoms with E-state index in [1.165, 1.54) is 42.6 Å². The summed E-state index contributed by atoms with van der Waals surface area (Å²) in [6.45, 7) is 1.83. The first-order valence-electron chi connectivity index (χ1n) is 11.0. The summed E-state index contributed by atoms with van der Waals surface area (Å²) in [6.07, 6.45) is 1.37. The molecule has 0 fully saturated rings. The van der Waals surface area contributed by atoms with Gasteiger partial charge in [0.25, 0.3) is 5.91 Å². The Kier molecular flexibility index (Phi) is 6.13. The second-order valence-corrected chi connectivity index (χ2v) is 10.3. The third-order valence-electron chi connectivity index (χ3n) is 5.49. The van der Waals surface area contributed by atoms with Crippen LogP contribution in [0.4, 0.5) is 27.4 Å². The van der Waals surface area contributed by atoms with Gasteiger partial charge in [-0.3, -0.25) is 14.7 Å². The number of H-pyrrole nitrogens is 1. The van der Waals surface area contributed by atoms with Crippen molar-refractivity contribution >= 4 is 44.7 Å². The van der Waals surface area contributed by atoms with E-state index in [0.717, 1.165) is 11.8 Å². The highest BCUT2D eigenvalue weighted by atomic mass is 32.2. The van der Waals surface area contributed by atoms with E-state index in [1.807, 2.05) is 6.92 Å². The van der Waals surface area contributed by atoms with Gasteiger partial charge >= 0.3 is 0 Å². The highest BCUT2D eigenvalue weighted by molar-refractivity contribution is 7.90. The Morgan fingerprint density at radius 1 is 1.11 bits per heavy atom. The summed E-state index contributed by atoms with van der Waals surface area (Å²) in [5, 5.41) is 14.6. The van der Waals surface area contributed by atoms with Gasteiger partial charge in [-0.25, -0.2) is 22.8 Å². The van der Waals surface area contributed by atoms with E-state index in [1.54, 1.807) is 6.07 Å². The Balaban J connectivity index is 1.28. The average Bonchev–Trinajstić information content (AvgIpc) is 3.43. The molecule has 11 nitrogen and oxygen atoms in total. The van der Waals surface area contributed by atoms with E-state index < -0.39 is 21.6 Å².